The number of alkyl carbamates (subject to hydrolysis) is 1. The summed E-state index contributed by atoms with van der Waals surface area (Å²) in [5.74, 6) is -1.53. The molecule has 0 bridgehead atoms. The number of hydrogen-bond donors (Lipinski definition) is 3. The monoisotopic (exact) mass is 549 g/mol. The fourth-order valence-electron chi connectivity index (χ4n) is 4.07. The van der Waals surface area contributed by atoms with Crippen LogP contribution in [0.2, 0.25) is 0 Å². The van der Waals surface area contributed by atoms with Crippen LogP contribution in [0.25, 0.3) is 0 Å². The second-order valence-corrected chi connectivity index (χ2v) is 11.2. The maximum absolute atomic E-state index is 14.1. The first kappa shape index (κ1) is 33.7. The van der Waals surface area contributed by atoms with Gasteiger partial charge in [-0.15, -0.1) is 0 Å². The van der Waals surface area contributed by atoms with Crippen LogP contribution in [0, 0.1) is 12.8 Å². The minimum Gasteiger partial charge on any atom is -0.508 e. The maximum atomic E-state index is 14.1. The van der Waals surface area contributed by atoms with E-state index in [-0.39, 0.29) is 24.8 Å². The van der Waals surface area contributed by atoms with Crippen LogP contribution in [0.15, 0.2) is 18.2 Å². The molecule has 2 unspecified atom stereocenters. The second kappa shape index (κ2) is 16.0. The fraction of sp³-hybridized carbons (Fsp3) is 0.655. The van der Waals surface area contributed by atoms with E-state index in [4.69, 9.17) is 4.74 Å². The van der Waals surface area contributed by atoms with Gasteiger partial charge in [0, 0.05) is 6.54 Å². The summed E-state index contributed by atoms with van der Waals surface area (Å²) in [5.41, 5.74) is 0.245. The van der Waals surface area contributed by atoms with E-state index in [2.05, 4.69) is 22.3 Å². The molecule has 10 heteroatoms. The van der Waals surface area contributed by atoms with Gasteiger partial charge in [0.2, 0.25) is 11.8 Å². The van der Waals surface area contributed by atoms with E-state index in [0.717, 1.165) is 19.3 Å². The lowest BCUT2D eigenvalue weighted by molar-refractivity contribution is -0.145. The first-order chi connectivity index (χ1) is 18.2. The Bertz CT molecular complexity index is 972. The van der Waals surface area contributed by atoms with E-state index in [1.54, 1.807) is 39.8 Å². The van der Waals surface area contributed by atoms with Gasteiger partial charge in [-0.3, -0.25) is 14.4 Å². The molecule has 0 aliphatic rings. The summed E-state index contributed by atoms with van der Waals surface area (Å²) in [6.07, 6.45) is 3.04. The molecule has 0 saturated heterocycles. The molecule has 3 N–H and O–H groups in total. The van der Waals surface area contributed by atoms with Gasteiger partial charge in [0.15, 0.2) is 0 Å². The van der Waals surface area contributed by atoms with Gasteiger partial charge in [-0.2, -0.15) is 0 Å². The van der Waals surface area contributed by atoms with Crippen LogP contribution in [0.1, 0.15) is 90.8 Å². The molecule has 0 radical (unpaired) electrons. The molecule has 10 nitrogen and oxygen atoms in total. The van der Waals surface area contributed by atoms with Crippen molar-refractivity contribution in [1.29, 1.82) is 0 Å². The molecular weight excluding hydrogens is 502 g/mol. The molecule has 1 aromatic rings. The molecule has 1 aromatic carbocycles. The topological polar surface area (TPSA) is 134 Å². The van der Waals surface area contributed by atoms with Gasteiger partial charge >= 0.3 is 12.1 Å². The molecule has 2 atom stereocenters. The van der Waals surface area contributed by atoms with Gasteiger partial charge in [-0.05, 0) is 69.7 Å². The normalized spacial score (nSPS) is 12.8. The van der Waals surface area contributed by atoms with Crippen LogP contribution in [-0.2, 0) is 23.9 Å². The van der Waals surface area contributed by atoms with Crippen LogP contribution in [-0.4, -0.2) is 65.7 Å². The molecule has 0 aliphatic carbocycles. The highest BCUT2D eigenvalue weighted by molar-refractivity contribution is 5.93. The van der Waals surface area contributed by atoms with Crippen molar-refractivity contribution in [2.75, 3.05) is 20.2 Å². The van der Waals surface area contributed by atoms with Gasteiger partial charge in [-0.1, -0.05) is 46.1 Å². The van der Waals surface area contributed by atoms with Crippen molar-refractivity contribution in [1.82, 2.24) is 15.5 Å². The molecule has 0 saturated carbocycles. The Kier molecular flexibility index (Phi) is 13.8. The summed E-state index contributed by atoms with van der Waals surface area (Å²) in [4.78, 5) is 53.6. The number of hydrogen-bond acceptors (Lipinski definition) is 7. The van der Waals surface area contributed by atoms with Crippen LogP contribution in [0.5, 0.6) is 5.75 Å². The number of carbonyl (C=O) groups is 4. The van der Waals surface area contributed by atoms with Crippen LogP contribution in [0.4, 0.5) is 4.79 Å². The number of carbonyl (C=O) groups excluding carboxylic acids is 4. The molecule has 0 fully saturated rings. The Labute approximate surface area is 232 Å². The van der Waals surface area contributed by atoms with Crippen molar-refractivity contribution in [3.05, 3.63) is 29.3 Å². The minimum absolute atomic E-state index is 0.0533. The number of phenols is 1. The highest BCUT2D eigenvalue weighted by Gasteiger charge is 2.36. The van der Waals surface area contributed by atoms with Crippen LogP contribution < -0.4 is 10.6 Å². The fourth-order valence-corrected chi connectivity index (χ4v) is 4.07. The van der Waals surface area contributed by atoms with E-state index in [1.165, 1.54) is 18.1 Å². The Morgan fingerprint density at radius 2 is 1.74 bits per heavy atom. The van der Waals surface area contributed by atoms with E-state index in [0.29, 0.717) is 24.0 Å². The van der Waals surface area contributed by atoms with Crippen molar-refractivity contribution in [2.24, 2.45) is 5.92 Å². The average Bonchev–Trinajstić information content (AvgIpc) is 2.83. The Morgan fingerprint density at radius 1 is 1.08 bits per heavy atom. The van der Waals surface area contributed by atoms with Crippen molar-refractivity contribution < 1.29 is 33.8 Å². The van der Waals surface area contributed by atoms with Crippen molar-refractivity contribution in [3.8, 4) is 5.75 Å². The molecular formula is C29H47N3O7. The quantitative estimate of drug-likeness (QED) is 0.232. The van der Waals surface area contributed by atoms with Gasteiger partial charge in [-0.25, -0.2) is 4.79 Å². The summed E-state index contributed by atoms with van der Waals surface area (Å²) in [6.45, 7) is 12.7. The Hall–Kier alpha value is -3.30. The van der Waals surface area contributed by atoms with Gasteiger partial charge in [0.1, 0.15) is 30.0 Å². The van der Waals surface area contributed by atoms with Crippen molar-refractivity contribution in [3.63, 3.8) is 0 Å². The number of methoxy groups -OCH3 is 1. The lowest BCUT2D eigenvalue weighted by Gasteiger charge is -2.35. The predicted octanol–water partition coefficient (Wildman–Crippen LogP) is 4.38. The largest absolute Gasteiger partial charge is 0.508 e. The number of ether oxygens (including phenoxy) is 2. The number of nitrogens with zero attached hydrogens (tertiary/aromatic N) is 1. The summed E-state index contributed by atoms with van der Waals surface area (Å²) in [7, 11) is 1.22. The summed E-state index contributed by atoms with van der Waals surface area (Å²) in [5, 5.41) is 15.4. The van der Waals surface area contributed by atoms with Gasteiger partial charge in [0.05, 0.1) is 7.11 Å². The zero-order valence-electron chi connectivity index (χ0n) is 24.8. The van der Waals surface area contributed by atoms with E-state index in [1.807, 2.05) is 13.8 Å². The Morgan fingerprint density at radius 3 is 2.28 bits per heavy atom. The minimum atomic E-state index is -1.11. The number of aromatic hydroxyl groups is 1. The Balaban J connectivity index is 3.54. The number of nitrogens with one attached hydrogen (secondary N) is 2. The second-order valence-electron chi connectivity index (χ2n) is 11.2. The first-order valence-electron chi connectivity index (χ1n) is 13.6. The standard InChI is InChI=1S/C29H47N3O7/c1-9-10-11-12-15-32(27(36)22(16-19(2)3)31-28(37)39-29(5,6)7)25(26(35)30-18-24(34)38-8)21-13-14-23(33)20(4)17-21/h13-14,17,19,22,25,33H,9-12,15-16,18H2,1-8H3,(H,30,35)(H,31,37). The number of aryl methyl sites for hydroxylation is 1. The first-order valence-corrected chi connectivity index (χ1v) is 13.6. The molecule has 0 spiro atoms. The van der Waals surface area contributed by atoms with E-state index in [9.17, 15) is 24.3 Å². The van der Waals surface area contributed by atoms with Gasteiger partial charge in [0.25, 0.3) is 0 Å². The molecule has 0 aromatic heterocycles. The summed E-state index contributed by atoms with van der Waals surface area (Å²) < 4.78 is 10.1. The zero-order chi connectivity index (χ0) is 29.8. The van der Waals surface area contributed by atoms with Crippen LogP contribution in [0.3, 0.4) is 0 Å². The number of unbranched alkanes of at least 4 members (excludes halogenated alkanes) is 3. The number of rotatable bonds is 14. The average molecular weight is 550 g/mol. The zero-order valence-corrected chi connectivity index (χ0v) is 24.8. The molecule has 220 valence electrons. The van der Waals surface area contributed by atoms with Crippen LogP contribution >= 0.6 is 0 Å². The number of phenolic OH excluding ortho intramolecular Hbond substituents is 1. The van der Waals surface area contributed by atoms with E-state index >= 15 is 0 Å². The van der Waals surface area contributed by atoms with Gasteiger partial charge < -0.3 is 30.1 Å². The number of esters is 1. The predicted molar refractivity (Wildman–Crippen MR) is 149 cm³/mol. The molecule has 0 heterocycles. The third-order valence-electron chi connectivity index (χ3n) is 5.96. The van der Waals surface area contributed by atoms with Crippen molar-refractivity contribution >= 4 is 23.9 Å². The number of benzene rings is 1. The molecule has 0 aliphatic heterocycles. The summed E-state index contributed by atoms with van der Waals surface area (Å²) in [6, 6.07) is 2.63. The highest BCUT2D eigenvalue weighted by Crippen LogP contribution is 2.28. The molecule has 39 heavy (non-hydrogen) atoms. The van der Waals surface area contributed by atoms with Crippen molar-refractivity contribution in [2.45, 2.75) is 98.3 Å². The maximum Gasteiger partial charge on any atom is 0.408 e. The summed E-state index contributed by atoms with van der Waals surface area (Å²) >= 11 is 0. The molecule has 3 amide bonds. The van der Waals surface area contributed by atoms with E-state index < -0.39 is 41.6 Å². The SMILES string of the molecule is CCCCCCN(C(=O)C(CC(C)C)NC(=O)OC(C)(C)C)C(C(=O)NCC(=O)OC)c1ccc(O)c(C)c1. The number of amides is 3. The smallest absolute Gasteiger partial charge is 0.408 e. The third kappa shape index (κ3) is 12.0. The third-order valence-corrected chi connectivity index (χ3v) is 5.96. The highest BCUT2D eigenvalue weighted by atomic mass is 16.6. The lowest BCUT2D eigenvalue weighted by Crippen LogP contribution is -2.54. The molecule has 1 rings (SSSR count). The lowest BCUT2D eigenvalue weighted by atomic mass is 9.97.